The zero-order valence-electron chi connectivity index (χ0n) is 31.0. The van der Waals surface area contributed by atoms with E-state index in [4.69, 9.17) is 0 Å². The van der Waals surface area contributed by atoms with E-state index in [0.717, 1.165) is 40.1 Å². The Morgan fingerprint density at radius 1 is 0.263 bits per heavy atom. The minimum absolute atomic E-state index is 1.04. The summed E-state index contributed by atoms with van der Waals surface area (Å²) in [6.45, 7) is 0. The number of anilines is 6. The monoisotopic (exact) mass is 725 g/mol. The lowest BCUT2D eigenvalue weighted by Gasteiger charge is -2.32. The molecule has 0 radical (unpaired) electrons. The topological polar surface area (TPSA) is 11.4 Å². The lowest BCUT2D eigenvalue weighted by Crippen LogP contribution is -2.18. The third-order valence-corrected chi connectivity index (χ3v) is 11.8. The first-order chi connectivity index (χ1) is 28.3. The van der Waals surface area contributed by atoms with Gasteiger partial charge in [0.05, 0.1) is 11.4 Å². The van der Waals surface area contributed by atoms with Crippen LogP contribution in [0.15, 0.2) is 212 Å². The Bertz CT molecular complexity index is 3160. The molecule has 0 saturated carbocycles. The molecule has 11 aromatic carbocycles. The van der Waals surface area contributed by atoms with Gasteiger partial charge in [-0.3, -0.25) is 14.4 Å². The molecule has 1 heterocycles. The van der Waals surface area contributed by atoms with Gasteiger partial charge in [-0.1, -0.05) is 152 Å². The summed E-state index contributed by atoms with van der Waals surface area (Å²) in [6, 6.07) is 77.6. The van der Waals surface area contributed by atoms with Crippen molar-refractivity contribution in [1.82, 2.24) is 4.57 Å². The van der Waals surface area contributed by atoms with Crippen molar-refractivity contribution in [3.63, 3.8) is 0 Å². The Labute approximate surface area is 330 Å². The van der Waals surface area contributed by atoms with E-state index in [2.05, 4.69) is 227 Å². The van der Waals surface area contributed by atoms with Crippen LogP contribution in [-0.2, 0) is 0 Å². The van der Waals surface area contributed by atoms with Crippen LogP contribution >= 0.6 is 0 Å². The van der Waals surface area contributed by atoms with Crippen LogP contribution in [0.5, 0.6) is 0 Å². The van der Waals surface area contributed by atoms with Crippen LogP contribution in [0.3, 0.4) is 0 Å². The van der Waals surface area contributed by atoms with E-state index in [-0.39, 0.29) is 0 Å². The highest BCUT2D eigenvalue weighted by molar-refractivity contribution is 6.27. The van der Waals surface area contributed by atoms with Crippen molar-refractivity contribution >= 4 is 99.0 Å². The van der Waals surface area contributed by atoms with Crippen molar-refractivity contribution in [2.75, 3.05) is 9.80 Å². The van der Waals surface area contributed by atoms with E-state index in [1.165, 1.54) is 64.6 Å². The highest BCUT2D eigenvalue weighted by atomic mass is 15.3. The molecule has 0 unspecified atom stereocenters. The third kappa shape index (κ3) is 4.79. The first kappa shape index (κ1) is 31.7. The maximum Gasteiger partial charge on any atom is 0.124 e. The van der Waals surface area contributed by atoms with E-state index in [1.54, 1.807) is 0 Å². The Kier molecular flexibility index (Phi) is 6.93. The van der Waals surface area contributed by atoms with Gasteiger partial charge in [0.25, 0.3) is 0 Å². The van der Waals surface area contributed by atoms with Crippen molar-refractivity contribution in [2.45, 2.75) is 0 Å². The van der Waals surface area contributed by atoms with Crippen LogP contribution in [0.2, 0.25) is 0 Å². The molecular weight excluding hydrogens is 691 g/mol. The number of para-hydroxylation sites is 3. The van der Waals surface area contributed by atoms with Crippen molar-refractivity contribution in [1.29, 1.82) is 0 Å². The van der Waals surface area contributed by atoms with E-state index < -0.39 is 0 Å². The van der Waals surface area contributed by atoms with Gasteiger partial charge in [0.2, 0.25) is 0 Å². The summed E-state index contributed by atoms with van der Waals surface area (Å²) in [7, 11) is 0. The molecular formula is C54H35N3. The summed E-state index contributed by atoms with van der Waals surface area (Å²) in [5.74, 6) is 2.08. The van der Waals surface area contributed by atoms with Crippen LogP contribution < -0.4 is 9.80 Å². The molecule has 0 aliphatic carbocycles. The summed E-state index contributed by atoms with van der Waals surface area (Å²) in [4.78, 5) is 4.88. The van der Waals surface area contributed by atoms with Gasteiger partial charge in [0.1, 0.15) is 11.6 Å². The Balaban J connectivity index is 1.17. The molecule has 0 bridgehead atoms. The highest BCUT2D eigenvalue weighted by Gasteiger charge is 2.27. The fraction of sp³-hybridized carbons (Fsp3) is 0. The molecule has 0 N–H and O–H groups in total. The zero-order chi connectivity index (χ0) is 37.5. The molecule has 57 heavy (non-hydrogen) atoms. The first-order valence-electron chi connectivity index (χ1n) is 19.6. The number of hydrogen-bond acceptors (Lipinski definition) is 2. The summed E-state index contributed by atoms with van der Waals surface area (Å²) >= 11 is 0. The van der Waals surface area contributed by atoms with Gasteiger partial charge in [0, 0.05) is 27.8 Å². The lowest BCUT2D eigenvalue weighted by atomic mass is 9.93. The van der Waals surface area contributed by atoms with Gasteiger partial charge in [-0.15, -0.1) is 0 Å². The highest BCUT2D eigenvalue weighted by Crippen LogP contribution is 2.49. The number of hydrogen-bond donors (Lipinski definition) is 0. The summed E-state index contributed by atoms with van der Waals surface area (Å²) in [5.41, 5.74) is 5.50. The maximum atomic E-state index is 2.44. The minimum Gasteiger partial charge on any atom is -0.295 e. The Morgan fingerprint density at radius 3 is 1.04 bits per heavy atom. The van der Waals surface area contributed by atoms with Gasteiger partial charge < -0.3 is 0 Å². The van der Waals surface area contributed by atoms with Crippen molar-refractivity contribution < 1.29 is 0 Å². The van der Waals surface area contributed by atoms with Gasteiger partial charge in [-0.05, 0) is 115 Å². The molecule has 0 atom stereocenters. The van der Waals surface area contributed by atoms with Crippen LogP contribution in [0.4, 0.5) is 34.4 Å². The SMILES string of the molecule is c1ccc(N(c2ccc3ccc4cccc5ccc2c3c45)c2ccc(N(c3ccccc3)c3ccc4ccc5cccc6ccc3c4c56)n2-c2ccccc2)cc1. The molecule has 3 heteroatoms. The molecule has 0 spiro atoms. The van der Waals surface area contributed by atoms with E-state index in [1.807, 2.05) is 0 Å². The van der Waals surface area contributed by atoms with Crippen LogP contribution in [0.25, 0.3) is 70.3 Å². The smallest absolute Gasteiger partial charge is 0.124 e. The predicted octanol–water partition coefficient (Wildman–Crippen LogP) is 15.2. The second-order valence-corrected chi connectivity index (χ2v) is 14.9. The van der Waals surface area contributed by atoms with Crippen molar-refractivity contribution in [2.24, 2.45) is 0 Å². The molecule has 266 valence electrons. The average molecular weight is 726 g/mol. The first-order valence-corrected chi connectivity index (χ1v) is 19.6. The van der Waals surface area contributed by atoms with Crippen LogP contribution in [0.1, 0.15) is 0 Å². The number of nitrogens with zero attached hydrogens (tertiary/aromatic N) is 3. The van der Waals surface area contributed by atoms with E-state index in [0.29, 0.717) is 0 Å². The Morgan fingerprint density at radius 2 is 0.614 bits per heavy atom. The van der Waals surface area contributed by atoms with Gasteiger partial charge >= 0.3 is 0 Å². The quantitative estimate of drug-likeness (QED) is 0.152. The van der Waals surface area contributed by atoms with E-state index >= 15 is 0 Å². The zero-order valence-corrected chi connectivity index (χ0v) is 31.0. The van der Waals surface area contributed by atoms with Crippen molar-refractivity contribution in [3.05, 3.63) is 212 Å². The van der Waals surface area contributed by atoms with Crippen molar-refractivity contribution in [3.8, 4) is 5.69 Å². The molecule has 12 aromatic rings. The second-order valence-electron chi connectivity index (χ2n) is 14.9. The molecule has 12 rings (SSSR count). The van der Waals surface area contributed by atoms with E-state index in [9.17, 15) is 0 Å². The summed E-state index contributed by atoms with van der Waals surface area (Å²) in [6.07, 6.45) is 0. The third-order valence-electron chi connectivity index (χ3n) is 11.8. The van der Waals surface area contributed by atoms with Crippen LogP contribution in [-0.4, -0.2) is 4.57 Å². The fourth-order valence-electron chi connectivity index (χ4n) is 9.38. The Hall–Kier alpha value is -7.62. The fourth-order valence-corrected chi connectivity index (χ4v) is 9.38. The number of rotatable bonds is 7. The van der Waals surface area contributed by atoms with Gasteiger partial charge in [-0.25, -0.2) is 0 Å². The maximum absolute atomic E-state index is 2.44. The number of aromatic nitrogens is 1. The van der Waals surface area contributed by atoms with Crippen LogP contribution in [0, 0.1) is 0 Å². The largest absolute Gasteiger partial charge is 0.295 e. The average Bonchev–Trinajstić information content (AvgIpc) is 3.70. The molecule has 1 aromatic heterocycles. The second kappa shape index (κ2) is 12.5. The minimum atomic E-state index is 1.04. The number of benzene rings is 11. The van der Waals surface area contributed by atoms with Gasteiger partial charge in [0.15, 0.2) is 0 Å². The summed E-state index contributed by atoms with van der Waals surface area (Å²) in [5, 5.41) is 15.2. The molecule has 0 saturated heterocycles. The molecule has 3 nitrogen and oxygen atoms in total. The van der Waals surface area contributed by atoms with Gasteiger partial charge in [-0.2, -0.15) is 0 Å². The molecule has 0 aliphatic rings. The lowest BCUT2D eigenvalue weighted by molar-refractivity contribution is 1.02. The summed E-state index contributed by atoms with van der Waals surface area (Å²) < 4.78 is 2.43. The molecule has 0 aliphatic heterocycles. The molecule has 0 fully saturated rings. The molecule has 0 amide bonds. The standard InChI is InChI=1S/C54H35N3/c1-4-16-42(17-5-1)55(47-32-28-40-24-22-36-12-10-14-38-26-30-45(47)53(40)51(36)38)49-34-35-50(57(49)44-20-8-3-9-21-44)56(43-18-6-2-7-19-43)48-33-29-41-25-23-37-13-11-15-39-27-31-46(48)54(41)52(37)39/h1-35H. The normalized spacial score (nSPS) is 11.9. The predicted molar refractivity (Wildman–Crippen MR) is 243 cm³/mol.